The van der Waals surface area contributed by atoms with Crippen LogP contribution < -0.4 is 5.76 Å². The van der Waals surface area contributed by atoms with Gasteiger partial charge in [0.2, 0.25) is 0 Å². The van der Waals surface area contributed by atoms with Crippen molar-refractivity contribution in [3.8, 4) is 10.8 Å². The summed E-state index contributed by atoms with van der Waals surface area (Å²) >= 11 is 1.41. The third kappa shape index (κ3) is 3.54. The minimum Gasteiger partial charge on any atom is -0.464 e. The van der Waals surface area contributed by atoms with Crippen molar-refractivity contribution < 1.29 is 13.9 Å². The lowest BCUT2D eigenvalue weighted by Gasteiger charge is -2.01. The second-order valence-corrected chi connectivity index (χ2v) is 4.83. The Hall–Kier alpha value is -1.89. The largest absolute Gasteiger partial charge is 0.464 e. The molecule has 2 heterocycles. The summed E-state index contributed by atoms with van der Waals surface area (Å²) in [4.78, 5) is 23.8. The van der Waals surface area contributed by atoms with E-state index in [4.69, 9.17) is 9.15 Å². The zero-order valence-corrected chi connectivity index (χ0v) is 11.3. The van der Waals surface area contributed by atoms with E-state index in [9.17, 15) is 9.59 Å². The standard InChI is InChI=1S/C12H14N2O4S/c1-2-3-6-17-10(15)8-14-12(16)18-11(13-14)9-5-4-7-19-9/h4-5,7H,2-3,6,8H2,1H3. The molecular formula is C12H14N2O4S. The Morgan fingerprint density at radius 2 is 2.42 bits per heavy atom. The topological polar surface area (TPSA) is 74.3 Å². The number of rotatable bonds is 6. The van der Waals surface area contributed by atoms with Gasteiger partial charge in [-0.25, -0.2) is 4.79 Å². The van der Waals surface area contributed by atoms with E-state index in [0.29, 0.717) is 6.61 Å². The zero-order valence-electron chi connectivity index (χ0n) is 10.5. The Morgan fingerprint density at radius 1 is 1.58 bits per heavy atom. The van der Waals surface area contributed by atoms with E-state index in [-0.39, 0.29) is 12.4 Å². The number of nitrogens with zero attached hydrogens (tertiary/aromatic N) is 2. The Labute approximate surface area is 113 Å². The van der Waals surface area contributed by atoms with Crippen molar-refractivity contribution in [2.45, 2.75) is 26.3 Å². The third-order valence-corrected chi connectivity index (χ3v) is 3.24. The highest BCUT2D eigenvalue weighted by molar-refractivity contribution is 7.13. The van der Waals surface area contributed by atoms with Gasteiger partial charge in [-0.3, -0.25) is 4.79 Å². The molecule has 6 nitrogen and oxygen atoms in total. The fourth-order valence-electron chi connectivity index (χ4n) is 1.40. The lowest BCUT2D eigenvalue weighted by atomic mass is 10.4. The fourth-order valence-corrected chi connectivity index (χ4v) is 2.05. The monoisotopic (exact) mass is 282 g/mol. The maximum absolute atomic E-state index is 11.5. The van der Waals surface area contributed by atoms with Gasteiger partial charge in [0.15, 0.2) is 0 Å². The number of esters is 1. The molecule has 2 rings (SSSR count). The Balaban J connectivity index is 2.01. The Kier molecular flexibility index (Phi) is 4.51. The van der Waals surface area contributed by atoms with Crippen molar-refractivity contribution in [2.24, 2.45) is 0 Å². The van der Waals surface area contributed by atoms with Crippen molar-refractivity contribution in [3.05, 3.63) is 28.1 Å². The van der Waals surface area contributed by atoms with Crippen molar-refractivity contribution >= 4 is 17.3 Å². The highest BCUT2D eigenvalue weighted by atomic mass is 32.1. The summed E-state index contributed by atoms with van der Waals surface area (Å²) in [6.07, 6.45) is 1.75. The zero-order chi connectivity index (χ0) is 13.7. The second-order valence-electron chi connectivity index (χ2n) is 3.88. The molecule has 7 heteroatoms. The molecule has 19 heavy (non-hydrogen) atoms. The van der Waals surface area contributed by atoms with E-state index >= 15 is 0 Å². The quantitative estimate of drug-likeness (QED) is 0.597. The van der Waals surface area contributed by atoms with Gasteiger partial charge in [-0.15, -0.1) is 16.4 Å². The van der Waals surface area contributed by atoms with Gasteiger partial charge in [-0.2, -0.15) is 4.68 Å². The highest BCUT2D eigenvalue weighted by Gasteiger charge is 2.14. The summed E-state index contributed by atoms with van der Waals surface area (Å²) in [7, 11) is 0. The van der Waals surface area contributed by atoms with Crippen LogP contribution in [0.15, 0.2) is 26.7 Å². The maximum atomic E-state index is 11.5. The van der Waals surface area contributed by atoms with E-state index in [2.05, 4.69) is 5.10 Å². The first-order valence-corrected chi connectivity index (χ1v) is 6.86. The van der Waals surface area contributed by atoms with Crippen LogP contribution >= 0.6 is 11.3 Å². The van der Waals surface area contributed by atoms with E-state index in [1.807, 2.05) is 18.4 Å². The van der Waals surface area contributed by atoms with Crippen LogP contribution in [-0.2, 0) is 16.1 Å². The SMILES string of the molecule is CCCCOC(=O)Cn1nc(-c2cccs2)oc1=O. The average molecular weight is 282 g/mol. The molecule has 0 aliphatic rings. The first-order chi connectivity index (χ1) is 9.20. The van der Waals surface area contributed by atoms with Gasteiger partial charge in [0.1, 0.15) is 6.54 Å². The molecule has 0 fully saturated rings. The molecule has 102 valence electrons. The van der Waals surface area contributed by atoms with Crippen molar-refractivity contribution in [1.29, 1.82) is 0 Å². The lowest BCUT2D eigenvalue weighted by molar-refractivity contribution is -0.144. The minimum absolute atomic E-state index is 0.223. The summed E-state index contributed by atoms with van der Waals surface area (Å²) in [5.74, 6) is -0.918. The van der Waals surface area contributed by atoms with Crippen LogP contribution in [0.4, 0.5) is 0 Å². The molecule has 0 saturated carbocycles. The van der Waals surface area contributed by atoms with Crippen molar-refractivity contribution in [2.75, 3.05) is 6.61 Å². The summed E-state index contributed by atoms with van der Waals surface area (Å²) < 4.78 is 10.9. The smallest absolute Gasteiger partial charge is 0.437 e. The van der Waals surface area contributed by atoms with Gasteiger partial charge in [-0.05, 0) is 17.9 Å². The van der Waals surface area contributed by atoms with Crippen LogP contribution in [0.5, 0.6) is 0 Å². The molecule has 0 aliphatic heterocycles. The highest BCUT2D eigenvalue weighted by Crippen LogP contribution is 2.20. The van der Waals surface area contributed by atoms with Gasteiger partial charge in [0.25, 0.3) is 5.89 Å². The van der Waals surface area contributed by atoms with E-state index < -0.39 is 11.7 Å². The number of hydrogen-bond donors (Lipinski definition) is 0. The molecule has 2 aromatic rings. The predicted octanol–water partition coefficient (Wildman–Crippen LogP) is 1.91. The molecule has 0 atom stereocenters. The maximum Gasteiger partial charge on any atom is 0.437 e. The number of ether oxygens (including phenoxy) is 1. The molecule has 0 amide bonds. The molecule has 0 saturated heterocycles. The molecule has 0 spiro atoms. The van der Waals surface area contributed by atoms with Crippen LogP contribution in [0.1, 0.15) is 19.8 Å². The summed E-state index contributed by atoms with van der Waals surface area (Å²) in [6, 6.07) is 3.62. The Morgan fingerprint density at radius 3 is 3.11 bits per heavy atom. The van der Waals surface area contributed by atoms with Crippen LogP contribution in [0, 0.1) is 0 Å². The van der Waals surface area contributed by atoms with E-state index in [1.165, 1.54) is 11.3 Å². The van der Waals surface area contributed by atoms with Crippen LogP contribution in [0.25, 0.3) is 10.8 Å². The average Bonchev–Trinajstić information content (AvgIpc) is 3.00. The molecule has 0 aliphatic carbocycles. The van der Waals surface area contributed by atoms with Crippen LogP contribution in [0.3, 0.4) is 0 Å². The third-order valence-electron chi connectivity index (χ3n) is 2.38. The number of thiophene rings is 1. The van der Waals surface area contributed by atoms with Gasteiger partial charge in [0.05, 0.1) is 11.5 Å². The molecule has 2 aromatic heterocycles. The van der Waals surface area contributed by atoms with Gasteiger partial charge in [0, 0.05) is 0 Å². The number of unbranched alkanes of at least 4 members (excludes halogenated alkanes) is 1. The van der Waals surface area contributed by atoms with Crippen molar-refractivity contribution in [1.82, 2.24) is 9.78 Å². The molecule has 0 aromatic carbocycles. The second kappa shape index (κ2) is 6.33. The van der Waals surface area contributed by atoms with Crippen LogP contribution in [0.2, 0.25) is 0 Å². The van der Waals surface area contributed by atoms with Gasteiger partial charge >= 0.3 is 11.7 Å². The molecule has 0 bridgehead atoms. The first-order valence-electron chi connectivity index (χ1n) is 5.98. The van der Waals surface area contributed by atoms with Gasteiger partial charge < -0.3 is 9.15 Å². The van der Waals surface area contributed by atoms with E-state index in [1.54, 1.807) is 6.07 Å². The lowest BCUT2D eigenvalue weighted by Crippen LogP contribution is -2.23. The first kappa shape index (κ1) is 13.5. The normalized spacial score (nSPS) is 10.6. The minimum atomic E-state index is -0.657. The number of aromatic nitrogens is 2. The molecular weight excluding hydrogens is 268 g/mol. The number of carbonyl (C=O) groups excluding carboxylic acids is 1. The number of carbonyl (C=O) groups is 1. The van der Waals surface area contributed by atoms with Gasteiger partial charge in [-0.1, -0.05) is 19.4 Å². The molecule has 0 N–H and O–H groups in total. The molecule has 0 radical (unpaired) electrons. The predicted molar refractivity (Wildman–Crippen MR) is 69.9 cm³/mol. The Bertz CT molecular complexity index is 585. The fraction of sp³-hybridized carbons (Fsp3) is 0.417. The molecule has 0 unspecified atom stereocenters. The number of hydrogen-bond acceptors (Lipinski definition) is 6. The summed E-state index contributed by atoms with van der Waals surface area (Å²) in [5.41, 5.74) is 0. The van der Waals surface area contributed by atoms with Crippen LogP contribution in [-0.4, -0.2) is 22.4 Å². The summed E-state index contributed by atoms with van der Waals surface area (Å²) in [6.45, 7) is 2.14. The summed E-state index contributed by atoms with van der Waals surface area (Å²) in [5, 5.41) is 5.82. The van der Waals surface area contributed by atoms with Crippen molar-refractivity contribution in [3.63, 3.8) is 0 Å². The van der Waals surface area contributed by atoms with E-state index in [0.717, 1.165) is 22.4 Å².